The van der Waals surface area contributed by atoms with E-state index in [4.69, 9.17) is 0 Å². The predicted molar refractivity (Wildman–Crippen MR) is 109 cm³/mol. The predicted octanol–water partition coefficient (Wildman–Crippen LogP) is 4.43. The molecule has 0 saturated carbocycles. The van der Waals surface area contributed by atoms with Crippen LogP contribution in [0.2, 0.25) is 0 Å². The number of nitrogens with one attached hydrogen (secondary N) is 1. The number of hydrogen-bond donors (Lipinski definition) is 1. The number of nitrogens with zero attached hydrogens (tertiary/aromatic N) is 1. The molecule has 0 spiro atoms. The maximum atomic E-state index is 12.1. The Kier molecular flexibility index (Phi) is 8.00. The molecule has 1 unspecified atom stereocenters. The van der Waals surface area contributed by atoms with Crippen molar-refractivity contribution < 1.29 is 9.72 Å². The van der Waals surface area contributed by atoms with Crippen molar-refractivity contribution in [2.75, 3.05) is 12.3 Å². The van der Waals surface area contributed by atoms with Crippen molar-refractivity contribution in [3.05, 3.63) is 69.8 Å². The molecule has 2 aromatic carbocycles. The van der Waals surface area contributed by atoms with Crippen LogP contribution >= 0.6 is 23.5 Å². The Morgan fingerprint density at radius 2 is 1.81 bits per heavy atom. The first-order valence-corrected chi connectivity index (χ1v) is 10.3. The van der Waals surface area contributed by atoms with Gasteiger partial charge in [-0.25, -0.2) is 0 Å². The van der Waals surface area contributed by atoms with Gasteiger partial charge in [0, 0.05) is 35.1 Å². The van der Waals surface area contributed by atoms with Crippen LogP contribution in [0.5, 0.6) is 0 Å². The van der Waals surface area contributed by atoms with Crippen LogP contribution in [0.3, 0.4) is 0 Å². The lowest BCUT2D eigenvalue weighted by Crippen LogP contribution is -2.32. The molecular formula is C19H22N2O3S2. The molecule has 26 heavy (non-hydrogen) atoms. The van der Waals surface area contributed by atoms with Crippen molar-refractivity contribution in [3.8, 4) is 0 Å². The highest BCUT2D eigenvalue weighted by Gasteiger charge is 2.14. The third-order valence-electron chi connectivity index (χ3n) is 3.66. The number of rotatable bonds is 9. The monoisotopic (exact) mass is 390 g/mol. The largest absolute Gasteiger partial charge is 0.354 e. The van der Waals surface area contributed by atoms with E-state index >= 15 is 0 Å². The molecule has 5 nitrogen and oxygen atoms in total. The van der Waals surface area contributed by atoms with Crippen molar-refractivity contribution in [1.29, 1.82) is 0 Å². The van der Waals surface area contributed by atoms with E-state index in [2.05, 4.69) is 36.5 Å². The van der Waals surface area contributed by atoms with Crippen molar-refractivity contribution in [2.45, 2.75) is 29.7 Å². The van der Waals surface area contributed by atoms with Crippen molar-refractivity contribution in [3.63, 3.8) is 0 Å². The summed E-state index contributed by atoms with van der Waals surface area (Å²) in [7, 11) is 0. The molecule has 138 valence electrons. The number of thioether (sulfide) groups is 2. The van der Waals surface area contributed by atoms with Crippen molar-refractivity contribution in [1.82, 2.24) is 5.32 Å². The van der Waals surface area contributed by atoms with Gasteiger partial charge in [-0.1, -0.05) is 29.8 Å². The third-order valence-corrected chi connectivity index (χ3v) is 5.81. The van der Waals surface area contributed by atoms with Gasteiger partial charge in [0.25, 0.3) is 5.69 Å². The summed E-state index contributed by atoms with van der Waals surface area (Å²) in [6.07, 6.45) is 0. The number of non-ortho nitro benzene ring substituents is 1. The van der Waals surface area contributed by atoms with E-state index in [1.807, 2.05) is 6.92 Å². The van der Waals surface area contributed by atoms with Gasteiger partial charge >= 0.3 is 0 Å². The lowest BCUT2D eigenvalue weighted by atomic mass is 10.2. The molecule has 0 heterocycles. The SMILES string of the molecule is Cc1ccc(CSCCNC(=O)C(C)Sc2ccc([N+](=O)[O-])cc2)cc1. The zero-order valence-electron chi connectivity index (χ0n) is 14.8. The summed E-state index contributed by atoms with van der Waals surface area (Å²) < 4.78 is 0. The minimum absolute atomic E-state index is 0.0238. The van der Waals surface area contributed by atoms with Gasteiger partial charge in [0.05, 0.1) is 10.2 Å². The molecule has 0 saturated heterocycles. The van der Waals surface area contributed by atoms with Crippen LogP contribution in [0, 0.1) is 17.0 Å². The van der Waals surface area contributed by atoms with Gasteiger partial charge in [0.2, 0.25) is 5.91 Å². The lowest BCUT2D eigenvalue weighted by Gasteiger charge is -2.12. The van der Waals surface area contributed by atoms with E-state index in [1.54, 1.807) is 23.9 Å². The number of aryl methyl sites for hydroxylation is 1. The molecule has 0 fully saturated rings. The second kappa shape index (κ2) is 10.2. The standard InChI is InChI=1S/C19H22N2O3S2/c1-14-3-5-16(6-4-14)13-25-12-11-20-19(22)15(2)26-18-9-7-17(8-10-18)21(23)24/h3-10,15H,11-13H2,1-2H3,(H,20,22). The number of hydrogen-bond acceptors (Lipinski definition) is 5. The highest BCUT2D eigenvalue weighted by atomic mass is 32.2. The van der Waals surface area contributed by atoms with Gasteiger partial charge in [0.1, 0.15) is 0 Å². The van der Waals surface area contributed by atoms with Gasteiger partial charge in [-0.15, -0.1) is 11.8 Å². The average molecular weight is 391 g/mol. The Morgan fingerprint density at radius 1 is 1.15 bits per heavy atom. The second-order valence-electron chi connectivity index (χ2n) is 5.84. The summed E-state index contributed by atoms with van der Waals surface area (Å²) in [6, 6.07) is 14.7. The van der Waals surface area contributed by atoms with Crippen LogP contribution in [0.25, 0.3) is 0 Å². The molecular weight excluding hydrogens is 368 g/mol. The Labute approximate surface area is 162 Å². The molecule has 0 aliphatic heterocycles. The van der Waals surface area contributed by atoms with Gasteiger partial charge < -0.3 is 5.32 Å². The minimum Gasteiger partial charge on any atom is -0.354 e. The first kappa shape index (κ1) is 20.3. The fourth-order valence-corrected chi connectivity index (χ4v) is 3.88. The maximum absolute atomic E-state index is 12.1. The quantitative estimate of drug-likeness (QED) is 0.297. The van der Waals surface area contributed by atoms with E-state index in [0.29, 0.717) is 6.54 Å². The zero-order valence-corrected chi connectivity index (χ0v) is 16.4. The topological polar surface area (TPSA) is 72.2 Å². The summed E-state index contributed by atoms with van der Waals surface area (Å²) in [6.45, 7) is 4.53. The van der Waals surface area contributed by atoms with Gasteiger partial charge in [0.15, 0.2) is 0 Å². The summed E-state index contributed by atoms with van der Waals surface area (Å²) in [4.78, 5) is 23.2. The van der Waals surface area contributed by atoms with Crippen LogP contribution in [0.4, 0.5) is 5.69 Å². The van der Waals surface area contributed by atoms with Crippen molar-refractivity contribution in [2.24, 2.45) is 0 Å². The van der Waals surface area contributed by atoms with Crippen LogP contribution in [0.1, 0.15) is 18.1 Å². The molecule has 0 aliphatic carbocycles. The number of benzene rings is 2. The Morgan fingerprint density at radius 3 is 2.42 bits per heavy atom. The third kappa shape index (κ3) is 6.72. The smallest absolute Gasteiger partial charge is 0.269 e. The molecule has 2 rings (SSSR count). The first-order valence-electron chi connectivity index (χ1n) is 8.28. The second-order valence-corrected chi connectivity index (χ2v) is 8.36. The fourth-order valence-electron chi connectivity index (χ4n) is 2.17. The highest BCUT2D eigenvalue weighted by Crippen LogP contribution is 2.25. The normalized spacial score (nSPS) is 11.8. The number of nitro groups is 1. The fraction of sp³-hybridized carbons (Fsp3) is 0.316. The number of amides is 1. The molecule has 2 aromatic rings. The lowest BCUT2D eigenvalue weighted by molar-refractivity contribution is -0.384. The highest BCUT2D eigenvalue weighted by molar-refractivity contribution is 8.00. The van der Waals surface area contributed by atoms with Crippen LogP contribution in [0.15, 0.2) is 53.4 Å². The Balaban J connectivity index is 1.66. The summed E-state index contributed by atoms with van der Waals surface area (Å²) in [5.41, 5.74) is 2.59. The van der Waals surface area contributed by atoms with Crippen LogP contribution < -0.4 is 5.32 Å². The summed E-state index contributed by atoms with van der Waals surface area (Å²) in [5, 5.41) is 13.3. The Hall–Kier alpha value is -1.99. The summed E-state index contributed by atoms with van der Waals surface area (Å²) in [5.74, 6) is 1.77. The molecule has 0 aliphatic rings. The van der Waals surface area contributed by atoms with Crippen molar-refractivity contribution >= 4 is 35.1 Å². The summed E-state index contributed by atoms with van der Waals surface area (Å²) >= 11 is 3.18. The molecule has 0 bridgehead atoms. The molecule has 0 radical (unpaired) electrons. The van der Waals surface area contributed by atoms with Crippen LogP contribution in [-0.2, 0) is 10.5 Å². The van der Waals surface area contributed by atoms with E-state index in [0.717, 1.165) is 16.4 Å². The van der Waals surface area contributed by atoms with Gasteiger partial charge in [-0.2, -0.15) is 11.8 Å². The van der Waals surface area contributed by atoms with Gasteiger partial charge in [-0.3, -0.25) is 14.9 Å². The van der Waals surface area contributed by atoms with Crippen LogP contribution in [-0.4, -0.2) is 28.4 Å². The van der Waals surface area contributed by atoms with E-state index in [1.165, 1.54) is 35.0 Å². The number of carbonyl (C=O) groups excluding carboxylic acids is 1. The Bertz CT molecular complexity index is 733. The van der Waals surface area contributed by atoms with Gasteiger partial charge in [-0.05, 0) is 31.5 Å². The van der Waals surface area contributed by atoms with E-state index in [-0.39, 0.29) is 16.8 Å². The molecule has 0 aromatic heterocycles. The first-order chi connectivity index (χ1) is 12.5. The zero-order chi connectivity index (χ0) is 18.9. The minimum atomic E-state index is -0.432. The number of carbonyl (C=O) groups is 1. The number of nitro benzene ring substituents is 1. The average Bonchev–Trinajstić information content (AvgIpc) is 2.63. The van der Waals surface area contributed by atoms with E-state index in [9.17, 15) is 14.9 Å². The molecule has 1 atom stereocenters. The van der Waals surface area contributed by atoms with E-state index < -0.39 is 4.92 Å². The molecule has 1 N–H and O–H groups in total. The maximum Gasteiger partial charge on any atom is 0.269 e. The molecule has 1 amide bonds. The molecule has 7 heteroatoms.